The van der Waals surface area contributed by atoms with Gasteiger partial charge in [-0.25, -0.2) is 18.3 Å². The Kier molecular flexibility index (Phi) is 5.38. The van der Waals surface area contributed by atoms with Crippen LogP contribution in [0.15, 0.2) is 24.5 Å². The molecule has 1 aliphatic rings. The van der Waals surface area contributed by atoms with E-state index in [2.05, 4.69) is 31.1 Å². The van der Waals surface area contributed by atoms with Crippen molar-refractivity contribution in [3.8, 4) is 0 Å². The van der Waals surface area contributed by atoms with Gasteiger partial charge in [0.2, 0.25) is 5.95 Å². The molecular weight excluding hydrogens is 382 g/mol. The molecule has 0 saturated carbocycles. The van der Waals surface area contributed by atoms with Gasteiger partial charge < -0.3 is 16.0 Å². The van der Waals surface area contributed by atoms with Gasteiger partial charge in [0.25, 0.3) is 12.3 Å². The van der Waals surface area contributed by atoms with Crippen molar-refractivity contribution < 1.29 is 13.6 Å². The van der Waals surface area contributed by atoms with E-state index in [0.717, 1.165) is 32.4 Å². The lowest BCUT2D eigenvalue weighted by molar-refractivity contribution is 0.101. The summed E-state index contributed by atoms with van der Waals surface area (Å²) in [5, 5.41) is 17.3. The molecule has 1 fully saturated rings. The summed E-state index contributed by atoms with van der Waals surface area (Å²) in [6.07, 6.45) is 3.42. The lowest BCUT2D eigenvalue weighted by Crippen LogP contribution is -2.31. The molecule has 0 aliphatic carbocycles. The molecule has 4 heterocycles. The number of anilines is 2. The number of nitrogens with zero attached hydrogens (tertiary/aromatic N) is 5. The molecule has 1 aliphatic heterocycles. The molecule has 0 bridgehead atoms. The maximum atomic E-state index is 13.1. The zero-order valence-electron chi connectivity index (χ0n) is 15.9. The van der Waals surface area contributed by atoms with Crippen LogP contribution in [0.5, 0.6) is 0 Å². The molecule has 3 aromatic rings. The van der Waals surface area contributed by atoms with E-state index in [0.29, 0.717) is 11.5 Å². The third-order valence-electron chi connectivity index (χ3n) is 4.82. The zero-order valence-corrected chi connectivity index (χ0v) is 15.9. The Labute approximate surface area is 165 Å². The van der Waals surface area contributed by atoms with Crippen molar-refractivity contribution in [2.45, 2.75) is 31.7 Å². The summed E-state index contributed by atoms with van der Waals surface area (Å²) in [5.41, 5.74) is 0.340. The predicted octanol–water partition coefficient (Wildman–Crippen LogP) is 2.21. The number of halogens is 2. The lowest BCUT2D eigenvalue weighted by atomic mass is 10.1. The smallest absolute Gasteiger partial charge is 0.284 e. The van der Waals surface area contributed by atoms with Crippen molar-refractivity contribution in [2.75, 3.05) is 23.7 Å². The van der Waals surface area contributed by atoms with Crippen molar-refractivity contribution >= 4 is 23.1 Å². The summed E-state index contributed by atoms with van der Waals surface area (Å²) in [6.45, 7) is 1.81. The second-order valence-electron chi connectivity index (χ2n) is 7.03. The van der Waals surface area contributed by atoms with Crippen molar-refractivity contribution in [3.63, 3.8) is 0 Å². The molecule has 0 radical (unpaired) electrons. The van der Waals surface area contributed by atoms with Crippen LogP contribution in [0.3, 0.4) is 0 Å². The standard InChI is InChI=1S/C18H22F2N8O/c1-27-10-13(15(25-27)16(19)20)24-17(29)14-6-5-12-9-22-18(26-28(12)14)23-11-4-2-3-7-21-8-11/h5-6,9-11,16,21H,2-4,7-8H2,1H3,(H,23,26)(H,24,29)/t11-/m0/s1. The topological polar surface area (TPSA) is 101 Å². The second-order valence-corrected chi connectivity index (χ2v) is 7.03. The Balaban J connectivity index is 1.56. The van der Waals surface area contributed by atoms with Gasteiger partial charge in [0.1, 0.15) is 5.69 Å². The monoisotopic (exact) mass is 404 g/mol. The van der Waals surface area contributed by atoms with E-state index in [1.807, 2.05) is 0 Å². The highest BCUT2D eigenvalue weighted by Crippen LogP contribution is 2.25. The van der Waals surface area contributed by atoms with Gasteiger partial charge >= 0.3 is 0 Å². The van der Waals surface area contributed by atoms with E-state index in [9.17, 15) is 13.6 Å². The Morgan fingerprint density at radius 1 is 1.31 bits per heavy atom. The minimum Gasteiger partial charge on any atom is -0.349 e. The summed E-state index contributed by atoms with van der Waals surface area (Å²) in [5.74, 6) is -0.146. The van der Waals surface area contributed by atoms with Gasteiger partial charge in [-0.05, 0) is 31.5 Å². The first-order valence-corrected chi connectivity index (χ1v) is 9.46. The van der Waals surface area contributed by atoms with Crippen molar-refractivity contribution in [1.29, 1.82) is 0 Å². The molecule has 1 amide bonds. The lowest BCUT2D eigenvalue weighted by Gasteiger charge is -2.16. The largest absolute Gasteiger partial charge is 0.349 e. The Bertz CT molecular complexity index is 1010. The molecule has 0 spiro atoms. The number of aromatic nitrogens is 5. The second kappa shape index (κ2) is 8.11. The molecule has 11 heteroatoms. The molecule has 0 aromatic carbocycles. The van der Waals surface area contributed by atoms with Gasteiger partial charge in [-0.2, -0.15) is 5.10 Å². The van der Waals surface area contributed by atoms with Crippen LogP contribution >= 0.6 is 0 Å². The number of alkyl halides is 2. The molecule has 3 aromatic heterocycles. The molecule has 4 rings (SSSR count). The number of fused-ring (bicyclic) bond motifs is 1. The van der Waals surface area contributed by atoms with Gasteiger partial charge in [-0.15, -0.1) is 5.10 Å². The van der Waals surface area contributed by atoms with E-state index >= 15 is 0 Å². The molecule has 3 N–H and O–H groups in total. The Morgan fingerprint density at radius 2 is 2.17 bits per heavy atom. The number of carbonyl (C=O) groups is 1. The quantitative estimate of drug-likeness (QED) is 0.603. The maximum absolute atomic E-state index is 13.1. The number of amides is 1. The third kappa shape index (κ3) is 4.19. The van der Waals surface area contributed by atoms with Crippen molar-refractivity contribution in [3.05, 3.63) is 35.9 Å². The van der Waals surface area contributed by atoms with Crippen LogP contribution in [0.1, 0.15) is 41.9 Å². The van der Waals surface area contributed by atoms with Gasteiger partial charge in [-0.3, -0.25) is 9.48 Å². The van der Waals surface area contributed by atoms with Crippen LogP contribution in [0, 0.1) is 0 Å². The summed E-state index contributed by atoms with van der Waals surface area (Å²) < 4.78 is 28.9. The molecule has 29 heavy (non-hydrogen) atoms. The minimum absolute atomic E-state index is 0.0283. The minimum atomic E-state index is -2.79. The fourth-order valence-corrected chi connectivity index (χ4v) is 3.41. The predicted molar refractivity (Wildman–Crippen MR) is 103 cm³/mol. The number of nitrogens with one attached hydrogen (secondary N) is 3. The average molecular weight is 404 g/mol. The van der Waals surface area contributed by atoms with E-state index in [1.165, 1.54) is 22.4 Å². The van der Waals surface area contributed by atoms with Gasteiger partial charge in [0.15, 0.2) is 5.69 Å². The maximum Gasteiger partial charge on any atom is 0.284 e. The Morgan fingerprint density at radius 3 is 3.00 bits per heavy atom. The third-order valence-corrected chi connectivity index (χ3v) is 4.82. The van der Waals surface area contributed by atoms with Crippen LogP contribution in [0.2, 0.25) is 0 Å². The van der Waals surface area contributed by atoms with E-state index in [4.69, 9.17) is 0 Å². The highest BCUT2D eigenvalue weighted by Gasteiger charge is 2.21. The summed E-state index contributed by atoms with van der Waals surface area (Å²) in [6, 6.07) is 3.48. The van der Waals surface area contributed by atoms with Gasteiger partial charge in [0, 0.05) is 25.8 Å². The van der Waals surface area contributed by atoms with Crippen LogP contribution in [0.4, 0.5) is 20.4 Å². The fourth-order valence-electron chi connectivity index (χ4n) is 3.41. The summed E-state index contributed by atoms with van der Waals surface area (Å²) in [7, 11) is 1.52. The highest BCUT2D eigenvalue weighted by atomic mass is 19.3. The van der Waals surface area contributed by atoms with Crippen molar-refractivity contribution in [2.24, 2.45) is 7.05 Å². The van der Waals surface area contributed by atoms with Crippen LogP contribution in [0.25, 0.3) is 5.52 Å². The summed E-state index contributed by atoms with van der Waals surface area (Å²) >= 11 is 0. The molecular formula is C18H22F2N8O. The number of rotatable bonds is 5. The average Bonchev–Trinajstić information content (AvgIpc) is 3.17. The van der Waals surface area contributed by atoms with Gasteiger partial charge in [-0.1, -0.05) is 6.42 Å². The number of hydrogen-bond acceptors (Lipinski definition) is 6. The number of hydrogen-bond donors (Lipinski definition) is 3. The SMILES string of the molecule is Cn1cc(NC(=O)c2ccc3cnc(N[C@H]4CCCCNC4)nn23)c(C(F)F)n1. The normalized spacial score (nSPS) is 17.4. The summed E-state index contributed by atoms with van der Waals surface area (Å²) in [4.78, 5) is 17.0. The number of aryl methyl sites for hydroxylation is 1. The molecule has 154 valence electrons. The molecule has 0 unspecified atom stereocenters. The van der Waals surface area contributed by atoms with E-state index in [-0.39, 0.29) is 17.4 Å². The van der Waals surface area contributed by atoms with Crippen LogP contribution in [-0.2, 0) is 7.05 Å². The van der Waals surface area contributed by atoms with Gasteiger partial charge in [0.05, 0.1) is 17.4 Å². The molecule has 9 nitrogen and oxygen atoms in total. The van der Waals surface area contributed by atoms with Crippen LogP contribution in [-0.4, -0.2) is 49.4 Å². The fraction of sp³-hybridized carbons (Fsp3) is 0.444. The first-order chi connectivity index (χ1) is 14.0. The molecule has 1 saturated heterocycles. The first-order valence-electron chi connectivity index (χ1n) is 9.46. The molecule has 1 atom stereocenters. The van der Waals surface area contributed by atoms with Crippen molar-refractivity contribution in [1.82, 2.24) is 29.7 Å². The Hall–Kier alpha value is -3.08. The first kappa shape index (κ1) is 19.2. The van der Waals surface area contributed by atoms with E-state index in [1.54, 1.807) is 18.3 Å². The van der Waals surface area contributed by atoms with Crippen LogP contribution < -0.4 is 16.0 Å². The number of carbonyl (C=O) groups excluding carboxylic acids is 1. The zero-order chi connectivity index (χ0) is 20.4. The van der Waals surface area contributed by atoms with E-state index < -0.39 is 18.0 Å². The highest BCUT2D eigenvalue weighted by molar-refractivity contribution is 6.04.